The summed E-state index contributed by atoms with van der Waals surface area (Å²) < 4.78 is 0. The van der Waals surface area contributed by atoms with E-state index in [0.29, 0.717) is 6.42 Å². The molecule has 3 N–H and O–H groups in total. The van der Waals surface area contributed by atoms with E-state index in [-0.39, 0.29) is 36.3 Å². The summed E-state index contributed by atoms with van der Waals surface area (Å²) in [6.07, 6.45) is 2.85. The SMILES string of the molecule is Cl.Nc1cccc2c1C[C@@H](N1CCC(C(=O)c3cccs3)CC1)[C@H](O)C2. The molecule has 1 saturated heterocycles. The molecule has 1 aromatic carbocycles. The first kappa shape index (κ1) is 19.4. The molecule has 0 saturated carbocycles. The Balaban J connectivity index is 0.00000196. The Bertz CT molecular complexity index is 757. The number of carbonyl (C=O) groups excluding carboxylic acids is 1. The summed E-state index contributed by atoms with van der Waals surface area (Å²) in [5.41, 5.74) is 9.34. The van der Waals surface area contributed by atoms with Gasteiger partial charge in [0.2, 0.25) is 0 Å². The summed E-state index contributed by atoms with van der Waals surface area (Å²) >= 11 is 1.53. The van der Waals surface area contributed by atoms with Gasteiger partial charge in [-0.1, -0.05) is 18.2 Å². The molecule has 26 heavy (non-hydrogen) atoms. The van der Waals surface area contributed by atoms with E-state index in [1.54, 1.807) is 0 Å². The van der Waals surface area contributed by atoms with Crippen LogP contribution in [0.2, 0.25) is 0 Å². The van der Waals surface area contributed by atoms with Crippen LogP contribution in [0.3, 0.4) is 0 Å². The number of Topliss-reactive ketones (excluding diaryl/α,β-unsaturated/α-hetero) is 1. The van der Waals surface area contributed by atoms with Crippen molar-refractivity contribution in [2.75, 3.05) is 18.8 Å². The van der Waals surface area contributed by atoms with E-state index in [1.165, 1.54) is 22.5 Å². The number of nitrogens with zero attached hydrogens (tertiary/aromatic N) is 1. The van der Waals surface area contributed by atoms with Crippen molar-refractivity contribution in [2.24, 2.45) is 5.92 Å². The van der Waals surface area contributed by atoms with Gasteiger partial charge in [-0.25, -0.2) is 0 Å². The number of anilines is 1. The van der Waals surface area contributed by atoms with Crippen molar-refractivity contribution in [3.8, 4) is 0 Å². The van der Waals surface area contributed by atoms with Crippen LogP contribution in [0.1, 0.15) is 33.6 Å². The lowest BCUT2D eigenvalue weighted by Gasteiger charge is -2.42. The number of ketones is 1. The second kappa shape index (κ2) is 8.09. The number of fused-ring (bicyclic) bond motifs is 1. The predicted octanol–water partition coefficient (Wildman–Crippen LogP) is 3.18. The van der Waals surface area contributed by atoms with Gasteiger partial charge in [-0.2, -0.15) is 0 Å². The number of rotatable bonds is 3. The molecule has 2 aliphatic rings. The molecule has 0 spiro atoms. The van der Waals surface area contributed by atoms with Crippen molar-refractivity contribution >= 4 is 35.2 Å². The molecule has 6 heteroatoms. The molecule has 4 rings (SSSR count). The molecule has 2 aromatic rings. The maximum atomic E-state index is 12.5. The third-order valence-electron chi connectivity index (χ3n) is 5.73. The average Bonchev–Trinajstić information content (AvgIpc) is 3.16. The Hall–Kier alpha value is -1.40. The van der Waals surface area contributed by atoms with Crippen LogP contribution in [0.5, 0.6) is 0 Å². The highest BCUT2D eigenvalue weighted by Gasteiger charge is 2.35. The zero-order chi connectivity index (χ0) is 17.4. The quantitative estimate of drug-likeness (QED) is 0.622. The van der Waals surface area contributed by atoms with Gasteiger partial charge in [0.25, 0.3) is 0 Å². The van der Waals surface area contributed by atoms with Crippen LogP contribution >= 0.6 is 23.7 Å². The van der Waals surface area contributed by atoms with E-state index >= 15 is 0 Å². The fraction of sp³-hybridized carbons (Fsp3) is 0.450. The number of halogens is 1. The molecule has 1 aliphatic heterocycles. The Kier molecular flexibility index (Phi) is 6.03. The lowest BCUT2D eigenvalue weighted by molar-refractivity contribution is 0.0241. The van der Waals surface area contributed by atoms with Crippen LogP contribution < -0.4 is 5.73 Å². The van der Waals surface area contributed by atoms with Crippen LogP contribution in [0.25, 0.3) is 0 Å². The molecule has 0 bridgehead atoms. The molecule has 1 aromatic heterocycles. The number of likely N-dealkylation sites (tertiary alicyclic amines) is 1. The maximum absolute atomic E-state index is 12.5. The molecule has 0 unspecified atom stereocenters. The highest BCUT2D eigenvalue weighted by Crippen LogP contribution is 2.32. The van der Waals surface area contributed by atoms with Gasteiger partial charge in [0.15, 0.2) is 5.78 Å². The third-order valence-corrected chi connectivity index (χ3v) is 6.61. The molecule has 1 aliphatic carbocycles. The minimum atomic E-state index is -0.362. The van der Waals surface area contributed by atoms with E-state index in [1.807, 2.05) is 29.6 Å². The third kappa shape index (κ3) is 3.67. The average molecular weight is 393 g/mol. The molecule has 0 amide bonds. The predicted molar refractivity (Wildman–Crippen MR) is 108 cm³/mol. The van der Waals surface area contributed by atoms with Gasteiger partial charge in [0.1, 0.15) is 0 Å². The fourth-order valence-electron chi connectivity index (χ4n) is 4.29. The van der Waals surface area contributed by atoms with E-state index < -0.39 is 0 Å². The zero-order valence-electron chi connectivity index (χ0n) is 14.6. The number of benzene rings is 1. The van der Waals surface area contributed by atoms with E-state index in [2.05, 4.69) is 11.0 Å². The first-order valence-electron chi connectivity index (χ1n) is 8.99. The largest absolute Gasteiger partial charge is 0.398 e. The number of thiophene rings is 1. The number of nitrogen functional groups attached to an aromatic ring is 1. The van der Waals surface area contributed by atoms with Gasteiger partial charge in [-0.05, 0) is 61.0 Å². The number of aliphatic hydroxyl groups excluding tert-OH is 1. The van der Waals surface area contributed by atoms with Gasteiger partial charge < -0.3 is 10.8 Å². The Morgan fingerprint density at radius 1 is 1.15 bits per heavy atom. The van der Waals surface area contributed by atoms with Crippen molar-refractivity contribution < 1.29 is 9.90 Å². The summed E-state index contributed by atoms with van der Waals surface area (Å²) in [6, 6.07) is 9.94. The second-order valence-corrected chi connectivity index (χ2v) is 8.13. The van der Waals surface area contributed by atoms with Crippen molar-refractivity contribution in [3.05, 3.63) is 51.7 Å². The van der Waals surface area contributed by atoms with Gasteiger partial charge in [0, 0.05) is 24.1 Å². The monoisotopic (exact) mass is 392 g/mol. The van der Waals surface area contributed by atoms with Gasteiger partial charge in [0.05, 0.1) is 11.0 Å². The maximum Gasteiger partial charge on any atom is 0.175 e. The summed E-state index contributed by atoms with van der Waals surface area (Å²) in [5.74, 6) is 0.404. The van der Waals surface area contributed by atoms with E-state index in [0.717, 1.165) is 42.9 Å². The Morgan fingerprint density at radius 2 is 1.92 bits per heavy atom. The van der Waals surface area contributed by atoms with Gasteiger partial charge >= 0.3 is 0 Å². The van der Waals surface area contributed by atoms with Crippen molar-refractivity contribution in [1.82, 2.24) is 4.90 Å². The van der Waals surface area contributed by atoms with Crippen LogP contribution in [0, 0.1) is 5.92 Å². The topological polar surface area (TPSA) is 66.6 Å². The molecule has 1 fully saturated rings. The minimum absolute atomic E-state index is 0. The number of aliphatic hydroxyl groups is 1. The minimum Gasteiger partial charge on any atom is -0.398 e. The smallest absolute Gasteiger partial charge is 0.175 e. The molecule has 2 atom stereocenters. The zero-order valence-corrected chi connectivity index (χ0v) is 16.3. The summed E-state index contributed by atoms with van der Waals surface area (Å²) in [5, 5.41) is 12.6. The molecule has 0 radical (unpaired) electrons. The molecule has 2 heterocycles. The fourth-order valence-corrected chi connectivity index (χ4v) is 5.03. The first-order valence-corrected chi connectivity index (χ1v) is 9.87. The number of nitrogens with two attached hydrogens (primary N) is 1. The molecule has 4 nitrogen and oxygen atoms in total. The van der Waals surface area contributed by atoms with Crippen LogP contribution in [0.4, 0.5) is 5.69 Å². The summed E-state index contributed by atoms with van der Waals surface area (Å²) in [6.45, 7) is 1.73. The van der Waals surface area contributed by atoms with Crippen molar-refractivity contribution in [3.63, 3.8) is 0 Å². The van der Waals surface area contributed by atoms with E-state index in [4.69, 9.17) is 5.73 Å². The lowest BCUT2D eigenvalue weighted by atomic mass is 9.82. The standard InChI is InChI=1S/C20H24N2O2S.ClH/c21-16-4-1-3-14-11-18(23)17(12-15(14)16)22-8-6-13(7-9-22)20(24)19-5-2-10-25-19;/h1-5,10,13,17-18,23H,6-9,11-12,21H2;1H/t17-,18-;/m1./s1. The molecular formula is C20H25ClN2O2S. The number of piperidine rings is 1. The first-order chi connectivity index (χ1) is 12.1. The van der Waals surface area contributed by atoms with E-state index in [9.17, 15) is 9.90 Å². The highest BCUT2D eigenvalue weighted by atomic mass is 35.5. The van der Waals surface area contributed by atoms with Crippen molar-refractivity contribution in [2.45, 2.75) is 37.8 Å². The Labute approximate surface area is 164 Å². The number of hydrogen-bond donors (Lipinski definition) is 2. The molecular weight excluding hydrogens is 368 g/mol. The summed E-state index contributed by atoms with van der Waals surface area (Å²) in [4.78, 5) is 15.8. The summed E-state index contributed by atoms with van der Waals surface area (Å²) in [7, 11) is 0. The highest BCUT2D eigenvalue weighted by molar-refractivity contribution is 7.12. The van der Waals surface area contributed by atoms with Gasteiger partial charge in [-0.3, -0.25) is 9.69 Å². The number of carbonyl (C=O) groups is 1. The molecule has 140 valence electrons. The van der Waals surface area contributed by atoms with Gasteiger partial charge in [-0.15, -0.1) is 23.7 Å². The second-order valence-electron chi connectivity index (χ2n) is 7.18. The Morgan fingerprint density at radius 3 is 2.62 bits per heavy atom. The van der Waals surface area contributed by atoms with Crippen LogP contribution in [-0.4, -0.2) is 41.0 Å². The van der Waals surface area contributed by atoms with Crippen LogP contribution in [-0.2, 0) is 12.8 Å². The normalized spacial score (nSPS) is 23.9. The van der Waals surface area contributed by atoms with Crippen LogP contribution in [0.15, 0.2) is 35.7 Å². The van der Waals surface area contributed by atoms with Crippen molar-refractivity contribution in [1.29, 1.82) is 0 Å². The lowest BCUT2D eigenvalue weighted by Crippen LogP contribution is -2.51. The number of hydrogen-bond acceptors (Lipinski definition) is 5.